The van der Waals surface area contributed by atoms with Crippen LogP contribution in [-0.4, -0.2) is 110 Å². The second kappa shape index (κ2) is 17.2. The number of ether oxygens (including phenoxy) is 3. The molecule has 2 amide bonds. The van der Waals surface area contributed by atoms with Crippen LogP contribution >= 0.6 is 23.2 Å². The third-order valence-electron chi connectivity index (χ3n) is 6.59. The summed E-state index contributed by atoms with van der Waals surface area (Å²) in [5, 5.41) is 22.1. The van der Waals surface area contributed by atoms with Crippen LogP contribution in [0.2, 0.25) is 10.0 Å². The molecule has 0 radical (unpaired) electrons. The second-order valence-electron chi connectivity index (χ2n) is 10.2. The zero-order valence-corrected chi connectivity index (χ0v) is 24.7. The quantitative estimate of drug-likeness (QED) is 0.470. The molecule has 0 aromatic heterocycles. The number of hydrogen-bond donors (Lipinski definition) is 2. The molecule has 0 saturated carbocycles. The largest absolute Gasteiger partial charge is 0.388 e. The van der Waals surface area contributed by atoms with Crippen LogP contribution in [0, 0.1) is 5.92 Å². The maximum atomic E-state index is 13.6. The van der Waals surface area contributed by atoms with E-state index in [1.54, 1.807) is 29.2 Å². The second-order valence-corrected chi connectivity index (χ2v) is 11.0. The first kappa shape index (κ1) is 33.5. The van der Waals surface area contributed by atoms with Crippen molar-refractivity contribution in [3.8, 4) is 0 Å². The number of hydrogen-bond acceptors (Lipinski definition) is 7. The molecule has 0 unspecified atom stereocenters. The van der Waals surface area contributed by atoms with Crippen molar-refractivity contribution in [3.05, 3.63) is 39.9 Å². The first-order chi connectivity index (χ1) is 18.6. The number of aliphatic hydroxyl groups is 2. The predicted octanol–water partition coefficient (Wildman–Crippen LogP) is 3.27. The summed E-state index contributed by atoms with van der Waals surface area (Å²) in [4.78, 5) is 30.0. The molecule has 2 N–H and O–H groups in total. The van der Waals surface area contributed by atoms with Gasteiger partial charge in [-0.25, -0.2) is 0 Å². The summed E-state index contributed by atoms with van der Waals surface area (Å²) in [5.74, 6) is -0.293. The third kappa shape index (κ3) is 11.0. The molecule has 0 bridgehead atoms. The first-order valence-electron chi connectivity index (χ1n) is 13.2. The minimum absolute atomic E-state index is 0.00374. The molecule has 1 aromatic carbocycles. The lowest BCUT2D eigenvalue weighted by molar-refractivity contribution is -0.145. The summed E-state index contributed by atoms with van der Waals surface area (Å²) in [7, 11) is 2.84. The Balaban J connectivity index is 2.43. The third-order valence-corrected chi connectivity index (χ3v) is 7.15. The Bertz CT molecular complexity index is 946. The summed E-state index contributed by atoms with van der Waals surface area (Å²) in [6.45, 7) is 4.90. The highest BCUT2D eigenvalue weighted by molar-refractivity contribution is 6.35. The van der Waals surface area contributed by atoms with E-state index in [2.05, 4.69) is 13.8 Å². The van der Waals surface area contributed by atoms with Crippen LogP contribution in [0.3, 0.4) is 0 Å². The Morgan fingerprint density at radius 3 is 2.56 bits per heavy atom. The molecule has 1 saturated heterocycles. The standard InChI is InChI=1S/C28H42Cl2N2O7/c1-19(2)13-22-15-31(27(35)18-37-3)16-25(38-4)28(36)24(33)17-39-12-6-5-11-32(22)26(34)10-8-20-7-9-21(29)14-23(20)30/h7-10,14,19,22,24-25,28,33,36H,5-6,11-13,15-18H2,1-4H3/b10-8+/t22-,24+,25+,28+/m0/s1. The van der Waals surface area contributed by atoms with Crippen molar-refractivity contribution in [1.82, 2.24) is 9.80 Å². The highest BCUT2D eigenvalue weighted by atomic mass is 35.5. The van der Waals surface area contributed by atoms with Gasteiger partial charge in [0, 0.05) is 62.6 Å². The topological polar surface area (TPSA) is 109 Å². The lowest BCUT2D eigenvalue weighted by atomic mass is 10.00. The summed E-state index contributed by atoms with van der Waals surface area (Å²) in [6.07, 6.45) is 1.77. The van der Waals surface area contributed by atoms with Gasteiger partial charge in [0.25, 0.3) is 0 Å². The van der Waals surface area contributed by atoms with Crippen LogP contribution in [-0.2, 0) is 23.8 Å². The van der Waals surface area contributed by atoms with Gasteiger partial charge in [-0.1, -0.05) is 43.1 Å². The van der Waals surface area contributed by atoms with Gasteiger partial charge < -0.3 is 34.2 Å². The Labute approximate surface area is 241 Å². The zero-order valence-electron chi connectivity index (χ0n) is 23.2. The van der Waals surface area contributed by atoms with E-state index in [9.17, 15) is 19.8 Å². The fourth-order valence-corrected chi connectivity index (χ4v) is 5.01. The minimum Gasteiger partial charge on any atom is -0.388 e. The van der Waals surface area contributed by atoms with E-state index >= 15 is 0 Å². The highest BCUT2D eigenvalue weighted by Gasteiger charge is 2.33. The number of amides is 2. The smallest absolute Gasteiger partial charge is 0.248 e. The van der Waals surface area contributed by atoms with Gasteiger partial charge in [0.1, 0.15) is 24.9 Å². The van der Waals surface area contributed by atoms with Gasteiger partial charge >= 0.3 is 0 Å². The van der Waals surface area contributed by atoms with Gasteiger partial charge in [-0.3, -0.25) is 9.59 Å². The Hall–Kier alpha value is -1.72. The highest BCUT2D eigenvalue weighted by Crippen LogP contribution is 2.23. The molecule has 1 aliphatic heterocycles. The van der Waals surface area contributed by atoms with Gasteiger partial charge in [0.15, 0.2) is 0 Å². The van der Waals surface area contributed by atoms with Crippen molar-refractivity contribution in [3.63, 3.8) is 0 Å². The van der Waals surface area contributed by atoms with Gasteiger partial charge in [-0.2, -0.15) is 0 Å². The van der Waals surface area contributed by atoms with Gasteiger partial charge in [0.05, 0.1) is 6.61 Å². The Morgan fingerprint density at radius 2 is 1.92 bits per heavy atom. The lowest BCUT2D eigenvalue weighted by Crippen LogP contribution is -2.54. The fourth-order valence-electron chi connectivity index (χ4n) is 4.53. The van der Waals surface area contributed by atoms with E-state index in [1.165, 1.54) is 25.2 Å². The van der Waals surface area contributed by atoms with E-state index in [4.69, 9.17) is 37.4 Å². The molecule has 220 valence electrons. The molecule has 1 aliphatic rings. The summed E-state index contributed by atoms with van der Waals surface area (Å²) in [5.41, 5.74) is 0.665. The minimum atomic E-state index is -1.27. The summed E-state index contributed by atoms with van der Waals surface area (Å²) >= 11 is 12.3. The van der Waals surface area contributed by atoms with Crippen molar-refractivity contribution in [1.29, 1.82) is 0 Å². The molecule has 1 heterocycles. The zero-order chi connectivity index (χ0) is 28.9. The monoisotopic (exact) mass is 588 g/mol. The van der Waals surface area contributed by atoms with Crippen LogP contribution in [0.4, 0.5) is 0 Å². The number of aliphatic hydroxyl groups excluding tert-OH is 2. The molecule has 1 fully saturated rings. The molecular weight excluding hydrogens is 547 g/mol. The molecule has 0 aliphatic carbocycles. The molecule has 9 nitrogen and oxygen atoms in total. The van der Waals surface area contributed by atoms with Crippen molar-refractivity contribution >= 4 is 41.1 Å². The van der Waals surface area contributed by atoms with Crippen molar-refractivity contribution < 1.29 is 34.0 Å². The molecule has 0 spiro atoms. The molecule has 2 rings (SSSR count). The van der Waals surface area contributed by atoms with Gasteiger partial charge in [-0.15, -0.1) is 0 Å². The molecular formula is C28H42Cl2N2O7. The van der Waals surface area contributed by atoms with E-state index in [-0.39, 0.29) is 50.1 Å². The molecule has 4 atom stereocenters. The van der Waals surface area contributed by atoms with Crippen LogP contribution in [0.15, 0.2) is 24.3 Å². The summed E-state index contributed by atoms with van der Waals surface area (Å²) < 4.78 is 16.2. The van der Waals surface area contributed by atoms with E-state index in [1.807, 2.05) is 0 Å². The predicted molar refractivity (Wildman–Crippen MR) is 152 cm³/mol. The number of halogens is 2. The lowest BCUT2D eigenvalue weighted by Gasteiger charge is -2.38. The van der Waals surface area contributed by atoms with Gasteiger partial charge in [0.2, 0.25) is 11.8 Å². The number of rotatable bonds is 7. The SMILES string of the molecule is COCC(=O)N1C[C@H](CC(C)C)N(C(=O)/C=C/c2ccc(Cl)cc2Cl)CCCCOC[C@@H](O)[C@@H](O)[C@H](OC)C1. The van der Waals surface area contributed by atoms with Crippen LogP contribution in [0.1, 0.15) is 38.7 Å². The number of methoxy groups -OCH3 is 2. The molecule has 11 heteroatoms. The Morgan fingerprint density at radius 1 is 1.18 bits per heavy atom. The van der Waals surface area contributed by atoms with E-state index < -0.39 is 18.3 Å². The van der Waals surface area contributed by atoms with E-state index in [0.29, 0.717) is 48.0 Å². The van der Waals surface area contributed by atoms with Crippen molar-refractivity contribution in [2.75, 3.05) is 53.7 Å². The fraction of sp³-hybridized carbons (Fsp3) is 0.643. The number of benzene rings is 1. The average molecular weight is 590 g/mol. The van der Waals surface area contributed by atoms with Crippen LogP contribution in [0.25, 0.3) is 6.08 Å². The van der Waals surface area contributed by atoms with Crippen LogP contribution < -0.4 is 0 Å². The van der Waals surface area contributed by atoms with Crippen LogP contribution in [0.5, 0.6) is 0 Å². The Kier molecular flexibility index (Phi) is 14.7. The summed E-state index contributed by atoms with van der Waals surface area (Å²) in [6, 6.07) is 4.74. The average Bonchev–Trinajstić information content (AvgIpc) is 2.88. The maximum absolute atomic E-state index is 13.6. The number of nitrogens with zero attached hydrogens (tertiary/aromatic N) is 2. The number of carbonyl (C=O) groups is 2. The van der Waals surface area contributed by atoms with Gasteiger partial charge in [-0.05, 0) is 49.0 Å². The maximum Gasteiger partial charge on any atom is 0.248 e. The van der Waals surface area contributed by atoms with E-state index in [0.717, 1.165) is 0 Å². The van der Waals surface area contributed by atoms with Crippen molar-refractivity contribution in [2.45, 2.75) is 57.5 Å². The normalized spacial score (nSPS) is 24.2. The molecule has 39 heavy (non-hydrogen) atoms. The first-order valence-corrected chi connectivity index (χ1v) is 14.0. The molecule has 1 aromatic rings. The van der Waals surface area contributed by atoms with Crippen molar-refractivity contribution in [2.24, 2.45) is 5.92 Å². The number of carbonyl (C=O) groups excluding carboxylic acids is 2.